The third-order valence-corrected chi connectivity index (χ3v) is 4.09. The van der Waals surface area contributed by atoms with Crippen molar-refractivity contribution in [3.8, 4) is 0 Å². The number of furan rings is 1. The molecule has 1 fully saturated rings. The van der Waals surface area contributed by atoms with Crippen molar-refractivity contribution in [2.75, 3.05) is 10.6 Å². The van der Waals surface area contributed by atoms with Gasteiger partial charge in [0.25, 0.3) is 5.91 Å². The quantitative estimate of drug-likeness (QED) is 0.794. The minimum atomic E-state index is -0.309. The zero-order chi connectivity index (χ0) is 16.8. The van der Waals surface area contributed by atoms with Gasteiger partial charge in [-0.2, -0.15) is 0 Å². The molecule has 3 N–H and O–H groups in total. The van der Waals surface area contributed by atoms with Gasteiger partial charge >= 0.3 is 6.03 Å². The van der Waals surface area contributed by atoms with Gasteiger partial charge in [-0.1, -0.05) is 19.3 Å². The van der Waals surface area contributed by atoms with Crippen LogP contribution in [-0.4, -0.2) is 18.0 Å². The summed E-state index contributed by atoms with van der Waals surface area (Å²) in [4.78, 5) is 23.9. The van der Waals surface area contributed by atoms with E-state index in [4.69, 9.17) is 4.42 Å². The number of urea groups is 1. The summed E-state index contributed by atoms with van der Waals surface area (Å²) < 4.78 is 5.04. The fourth-order valence-electron chi connectivity index (χ4n) is 2.84. The van der Waals surface area contributed by atoms with Gasteiger partial charge in [0.15, 0.2) is 5.76 Å². The van der Waals surface area contributed by atoms with Crippen LogP contribution in [0, 0.1) is 0 Å². The number of benzene rings is 1. The first-order valence-electron chi connectivity index (χ1n) is 8.23. The van der Waals surface area contributed by atoms with E-state index < -0.39 is 0 Å². The maximum absolute atomic E-state index is 12.0. The smallest absolute Gasteiger partial charge is 0.319 e. The average Bonchev–Trinajstić information content (AvgIpc) is 3.12. The zero-order valence-electron chi connectivity index (χ0n) is 13.4. The number of rotatable bonds is 4. The molecule has 1 heterocycles. The molecule has 0 radical (unpaired) electrons. The number of anilines is 2. The van der Waals surface area contributed by atoms with E-state index in [-0.39, 0.29) is 23.7 Å². The topological polar surface area (TPSA) is 83.4 Å². The lowest BCUT2D eigenvalue weighted by molar-refractivity contribution is 0.0996. The second-order valence-corrected chi connectivity index (χ2v) is 5.94. The molecule has 0 atom stereocenters. The maximum Gasteiger partial charge on any atom is 0.319 e. The van der Waals surface area contributed by atoms with Gasteiger partial charge in [-0.3, -0.25) is 4.79 Å². The molecule has 1 aliphatic rings. The summed E-state index contributed by atoms with van der Waals surface area (Å²) in [7, 11) is 0. The van der Waals surface area contributed by atoms with E-state index >= 15 is 0 Å². The summed E-state index contributed by atoms with van der Waals surface area (Å²) >= 11 is 0. The van der Waals surface area contributed by atoms with Crippen molar-refractivity contribution in [2.45, 2.75) is 38.1 Å². The van der Waals surface area contributed by atoms with Crippen molar-refractivity contribution in [2.24, 2.45) is 0 Å². The Morgan fingerprint density at radius 3 is 2.21 bits per heavy atom. The fourth-order valence-corrected chi connectivity index (χ4v) is 2.84. The van der Waals surface area contributed by atoms with E-state index in [0.29, 0.717) is 11.4 Å². The van der Waals surface area contributed by atoms with Crippen molar-refractivity contribution in [1.29, 1.82) is 0 Å². The summed E-state index contributed by atoms with van der Waals surface area (Å²) in [6.07, 6.45) is 7.15. The lowest BCUT2D eigenvalue weighted by atomic mass is 9.96. The second kappa shape index (κ2) is 7.68. The molecule has 1 aromatic heterocycles. The Bertz CT molecular complexity index is 674. The van der Waals surface area contributed by atoms with Crippen LogP contribution in [0.3, 0.4) is 0 Å². The van der Waals surface area contributed by atoms with Crippen LogP contribution in [0.4, 0.5) is 16.2 Å². The van der Waals surface area contributed by atoms with E-state index in [9.17, 15) is 9.59 Å². The third-order valence-electron chi connectivity index (χ3n) is 4.09. The molecule has 0 saturated heterocycles. The van der Waals surface area contributed by atoms with Gasteiger partial charge in [-0.05, 0) is 49.2 Å². The van der Waals surface area contributed by atoms with Crippen molar-refractivity contribution in [3.63, 3.8) is 0 Å². The zero-order valence-corrected chi connectivity index (χ0v) is 13.4. The normalized spacial score (nSPS) is 14.8. The molecule has 0 bridgehead atoms. The largest absolute Gasteiger partial charge is 0.459 e. The van der Waals surface area contributed by atoms with Crippen LogP contribution in [-0.2, 0) is 0 Å². The van der Waals surface area contributed by atoms with Crippen LogP contribution >= 0.6 is 0 Å². The molecule has 6 nitrogen and oxygen atoms in total. The molecule has 0 spiro atoms. The molecule has 6 heteroatoms. The van der Waals surface area contributed by atoms with Gasteiger partial charge in [-0.15, -0.1) is 0 Å². The SMILES string of the molecule is O=C(Nc1ccc(NC(=O)c2ccco2)cc1)NC1CCCCC1. The van der Waals surface area contributed by atoms with Crippen molar-refractivity contribution in [3.05, 3.63) is 48.4 Å². The highest BCUT2D eigenvalue weighted by atomic mass is 16.3. The van der Waals surface area contributed by atoms with E-state index in [1.54, 1.807) is 36.4 Å². The molecular weight excluding hydrogens is 306 g/mol. The first kappa shape index (κ1) is 16.1. The number of carbonyl (C=O) groups excluding carboxylic acids is 2. The Kier molecular flexibility index (Phi) is 5.15. The van der Waals surface area contributed by atoms with Gasteiger partial charge in [0.05, 0.1) is 6.26 Å². The Labute approximate surface area is 140 Å². The van der Waals surface area contributed by atoms with Gasteiger partial charge in [0.2, 0.25) is 0 Å². The molecule has 3 rings (SSSR count). The first-order chi connectivity index (χ1) is 11.7. The highest BCUT2D eigenvalue weighted by Crippen LogP contribution is 2.18. The van der Waals surface area contributed by atoms with E-state index in [1.165, 1.54) is 25.5 Å². The highest BCUT2D eigenvalue weighted by molar-refractivity contribution is 6.02. The third kappa shape index (κ3) is 4.38. The molecule has 24 heavy (non-hydrogen) atoms. The fraction of sp³-hybridized carbons (Fsp3) is 0.333. The van der Waals surface area contributed by atoms with Crippen LogP contribution in [0.2, 0.25) is 0 Å². The van der Waals surface area contributed by atoms with E-state index in [0.717, 1.165) is 12.8 Å². The lowest BCUT2D eigenvalue weighted by Crippen LogP contribution is -2.38. The summed E-state index contributed by atoms with van der Waals surface area (Å²) in [6.45, 7) is 0. The lowest BCUT2D eigenvalue weighted by Gasteiger charge is -2.22. The molecule has 1 aliphatic carbocycles. The number of hydrogen-bond donors (Lipinski definition) is 3. The Morgan fingerprint density at radius 1 is 0.917 bits per heavy atom. The predicted octanol–water partition coefficient (Wildman–Crippen LogP) is 3.99. The molecule has 1 saturated carbocycles. The van der Waals surface area contributed by atoms with Gasteiger partial charge in [0.1, 0.15) is 0 Å². The van der Waals surface area contributed by atoms with Crippen molar-refractivity contribution >= 4 is 23.3 Å². The Hall–Kier alpha value is -2.76. The molecule has 1 aromatic carbocycles. The van der Waals surface area contributed by atoms with Crippen LogP contribution in [0.1, 0.15) is 42.7 Å². The standard InChI is InChI=1S/C18H21N3O3/c22-17(16-7-4-12-24-16)19-14-8-10-15(11-9-14)21-18(23)20-13-5-2-1-3-6-13/h4,7-13H,1-3,5-6H2,(H,19,22)(H2,20,21,23). The Morgan fingerprint density at radius 2 is 1.58 bits per heavy atom. The van der Waals surface area contributed by atoms with E-state index in [1.807, 2.05) is 0 Å². The Balaban J connectivity index is 1.50. The second-order valence-electron chi connectivity index (χ2n) is 5.94. The van der Waals surface area contributed by atoms with Crippen LogP contribution in [0.15, 0.2) is 47.1 Å². The molecule has 0 aliphatic heterocycles. The van der Waals surface area contributed by atoms with E-state index in [2.05, 4.69) is 16.0 Å². The maximum atomic E-state index is 12.0. The van der Waals surface area contributed by atoms with Crippen molar-refractivity contribution < 1.29 is 14.0 Å². The molecule has 2 aromatic rings. The minimum absolute atomic E-state index is 0.186. The van der Waals surface area contributed by atoms with Crippen LogP contribution in [0.5, 0.6) is 0 Å². The number of amides is 3. The summed E-state index contributed by atoms with van der Waals surface area (Å²) in [5, 5.41) is 8.55. The summed E-state index contributed by atoms with van der Waals surface area (Å²) in [5.74, 6) is -0.0557. The molecule has 3 amide bonds. The molecular formula is C18H21N3O3. The van der Waals surface area contributed by atoms with Crippen LogP contribution in [0.25, 0.3) is 0 Å². The molecule has 126 valence electrons. The van der Waals surface area contributed by atoms with Crippen molar-refractivity contribution in [1.82, 2.24) is 5.32 Å². The number of nitrogens with one attached hydrogen (secondary N) is 3. The van der Waals surface area contributed by atoms with Crippen LogP contribution < -0.4 is 16.0 Å². The molecule has 0 unspecified atom stereocenters. The highest BCUT2D eigenvalue weighted by Gasteiger charge is 2.15. The van der Waals surface area contributed by atoms with Gasteiger partial charge in [0, 0.05) is 17.4 Å². The van der Waals surface area contributed by atoms with Gasteiger partial charge in [-0.25, -0.2) is 4.79 Å². The minimum Gasteiger partial charge on any atom is -0.459 e. The summed E-state index contributed by atoms with van der Waals surface area (Å²) in [5.41, 5.74) is 1.31. The number of hydrogen-bond acceptors (Lipinski definition) is 3. The number of carbonyl (C=O) groups is 2. The summed E-state index contributed by atoms with van der Waals surface area (Å²) in [6, 6.07) is 10.3. The average molecular weight is 327 g/mol. The van der Waals surface area contributed by atoms with Gasteiger partial charge < -0.3 is 20.4 Å². The first-order valence-corrected chi connectivity index (χ1v) is 8.23. The monoisotopic (exact) mass is 327 g/mol. The predicted molar refractivity (Wildman–Crippen MR) is 92.1 cm³/mol.